The van der Waals surface area contributed by atoms with E-state index in [4.69, 9.17) is 5.73 Å². The molecule has 21 heavy (non-hydrogen) atoms. The van der Waals surface area contributed by atoms with Crippen molar-refractivity contribution >= 4 is 21.4 Å². The van der Waals surface area contributed by atoms with Crippen molar-refractivity contribution in [1.29, 1.82) is 0 Å². The summed E-state index contributed by atoms with van der Waals surface area (Å²) in [5.41, 5.74) is 6.68. The van der Waals surface area contributed by atoms with Crippen LogP contribution in [0.5, 0.6) is 0 Å². The summed E-state index contributed by atoms with van der Waals surface area (Å²) in [6.07, 6.45) is 0. The van der Waals surface area contributed by atoms with Crippen LogP contribution in [0.3, 0.4) is 0 Å². The lowest BCUT2D eigenvalue weighted by molar-refractivity contribution is 0.254. The fourth-order valence-corrected chi connectivity index (χ4v) is 3.20. The maximum Gasteiger partial charge on any atom is 0.242 e. The molecule has 0 amide bonds. The van der Waals surface area contributed by atoms with E-state index in [9.17, 15) is 8.42 Å². The van der Waals surface area contributed by atoms with Crippen molar-refractivity contribution in [2.24, 2.45) is 5.41 Å². The Balaban J connectivity index is 3.00. The standard InChI is InChI=1S/C14H26N4O2S/c1-14(2,10-18(4)5)9-17-12-7-6-11(15)8-13(12)21(19,20)16-3/h6-8,16-17H,9-10,15H2,1-5H3. The second kappa shape index (κ2) is 6.64. The van der Waals surface area contributed by atoms with Gasteiger partial charge in [-0.3, -0.25) is 0 Å². The van der Waals surface area contributed by atoms with Gasteiger partial charge in [0, 0.05) is 18.8 Å². The second-order valence-corrected chi connectivity index (χ2v) is 8.07. The monoisotopic (exact) mass is 314 g/mol. The number of nitrogens with zero attached hydrogens (tertiary/aromatic N) is 1. The van der Waals surface area contributed by atoms with Gasteiger partial charge in [-0.2, -0.15) is 0 Å². The molecule has 1 rings (SSSR count). The molecule has 0 aliphatic rings. The number of rotatable bonds is 7. The Kier molecular flexibility index (Phi) is 5.61. The summed E-state index contributed by atoms with van der Waals surface area (Å²) in [6, 6.07) is 4.86. The minimum absolute atomic E-state index is 0.00552. The van der Waals surface area contributed by atoms with Crippen LogP contribution in [0.25, 0.3) is 0 Å². The zero-order valence-corrected chi connectivity index (χ0v) is 14.2. The summed E-state index contributed by atoms with van der Waals surface area (Å²) >= 11 is 0. The van der Waals surface area contributed by atoms with Crippen LogP contribution >= 0.6 is 0 Å². The van der Waals surface area contributed by atoms with Crippen molar-refractivity contribution < 1.29 is 8.42 Å². The van der Waals surface area contributed by atoms with Gasteiger partial charge in [0.2, 0.25) is 10.0 Å². The highest BCUT2D eigenvalue weighted by molar-refractivity contribution is 7.89. The molecular formula is C14H26N4O2S. The molecule has 0 aliphatic heterocycles. The Morgan fingerprint density at radius 3 is 2.43 bits per heavy atom. The normalized spacial score (nSPS) is 12.7. The molecule has 0 saturated carbocycles. The van der Waals surface area contributed by atoms with Gasteiger partial charge in [-0.15, -0.1) is 0 Å². The quantitative estimate of drug-likeness (QED) is 0.658. The smallest absolute Gasteiger partial charge is 0.242 e. The van der Waals surface area contributed by atoms with E-state index in [0.29, 0.717) is 17.9 Å². The Labute approximate surface area is 127 Å². The van der Waals surface area contributed by atoms with E-state index in [1.165, 1.54) is 13.1 Å². The zero-order valence-electron chi connectivity index (χ0n) is 13.4. The number of sulfonamides is 1. The number of nitrogen functional groups attached to an aromatic ring is 1. The number of hydrogen-bond donors (Lipinski definition) is 3. The third kappa shape index (κ3) is 5.18. The summed E-state index contributed by atoms with van der Waals surface area (Å²) in [5, 5.41) is 3.23. The minimum Gasteiger partial charge on any atom is -0.399 e. The molecule has 0 spiro atoms. The van der Waals surface area contributed by atoms with E-state index < -0.39 is 10.0 Å². The lowest BCUT2D eigenvalue weighted by Gasteiger charge is -2.29. The number of nitrogens with two attached hydrogens (primary N) is 1. The lowest BCUT2D eigenvalue weighted by atomic mass is 9.93. The first-order chi connectivity index (χ1) is 9.57. The van der Waals surface area contributed by atoms with Gasteiger partial charge < -0.3 is 16.0 Å². The molecule has 120 valence electrons. The second-order valence-electron chi connectivity index (χ2n) is 6.22. The van der Waals surface area contributed by atoms with E-state index >= 15 is 0 Å². The average molecular weight is 314 g/mol. The van der Waals surface area contributed by atoms with E-state index in [1.54, 1.807) is 12.1 Å². The predicted octanol–water partition coefficient (Wildman–Crippen LogP) is 1.18. The van der Waals surface area contributed by atoms with Crippen molar-refractivity contribution in [3.63, 3.8) is 0 Å². The van der Waals surface area contributed by atoms with Gasteiger partial charge in [-0.05, 0) is 44.8 Å². The summed E-state index contributed by atoms with van der Waals surface area (Å²) in [4.78, 5) is 2.28. The first-order valence-electron chi connectivity index (χ1n) is 6.79. The number of nitrogens with one attached hydrogen (secondary N) is 2. The average Bonchev–Trinajstić information content (AvgIpc) is 2.35. The molecular weight excluding hydrogens is 288 g/mol. The molecule has 6 nitrogen and oxygen atoms in total. The Hall–Kier alpha value is -1.31. The van der Waals surface area contributed by atoms with Crippen molar-refractivity contribution in [3.8, 4) is 0 Å². The van der Waals surface area contributed by atoms with Gasteiger partial charge in [-0.25, -0.2) is 13.1 Å². The zero-order chi connectivity index (χ0) is 16.3. The molecule has 0 aromatic heterocycles. The highest BCUT2D eigenvalue weighted by Crippen LogP contribution is 2.25. The molecule has 0 atom stereocenters. The van der Waals surface area contributed by atoms with Crippen LogP contribution in [-0.4, -0.2) is 47.6 Å². The predicted molar refractivity (Wildman–Crippen MR) is 87.9 cm³/mol. The SMILES string of the molecule is CNS(=O)(=O)c1cc(N)ccc1NCC(C)(C)CN(C)C. The molecule has 0 fully saturated rings. The molecule has 7 heteroatoms. The Morgan fingerprint density at radius 1 is 1.29 bits per heavy atom. The lowest BCUT2D eigenvalue weighted by Crippen LogP contribution is -2.34. The van der Waals surface area contributed by atoms with Crippen LogP contribution in [0.15, 0.2) is 23.1 Å². The van der Waals surface area contributed by atoms with Gasteiger partial charge in [0.15, 0.2) is 0 Å². The van der Waals surface area contributed by atoms with E-state index in [1.807, 2.05) is 14.1 Å². The van der Waals surface area contributed by atoms with Crippen LogP contribution in [0.2, 0.25) is 0 Å². The molecule has 1 aromatic rings. The van der Waals surface area contributed by atoms with Crippen molar-refractivity contribution in [3.05, 3.63) is 18.2 Å². The molecule has 4 N–H and O–H groups in total. The van der Waals surface area contributed by atoms with Gasteiger partial charge >= 0.3 is 0 Å². The van der Waals surface area contributed by atoms with E-state index in [0.717, 1.165) is 6.54 Å². The van der Waals surface area contributed by atoms with Crippen LogP contribution in [0.1, 0.15) is 13.8 Å². The fraction of sp³-hybridized carbons (Fsp3) is 0.571. The highest BCUT2D eigenvalue weighted by Gasteiger charge is 2.21. The summed E-state index contributed by atoms with van der Waals surface area (Å²) < 4.78 is 26.4. The van der Waals surface area contributed by atoms with Crippen molar-refractivity contribution in [1.82, 2.24) is 9.62 Å². The van der Waals surface area contributed by atoms with Crippen LogP contribution in [0, 0.1) is 5.41 Å². The van der Waals surface area contributed by atoms with Crippen LogP contribution in [0.4, 0.5) is 11.4 Å². The summed E-state index contributed by atoms with van der Waals surface area (Å²) in [7, 11) is 1.87. The van der Waals surface area contributed by atoms with Gasteiger partial charge in [0.1, 0.15) is 4.90 Å². The Bertz CT molecular complexity index is 583. The van der Waals surface area contributed by atoms with Crippen LogP contribution in [-0.2, 0) is 10.0 Å². The van der Waals surface area contributed by atoms with Crippen LogP contribution < -0.4 is 15.8 Å². The first kappa shape index (κ1) is 17.7. The van der Waals surface area contributed by atoms with E-state index in [2.05, 4.69) is 28.8 Å². The molecule has 0 heterocycles. The molecule has 1 aromatic carbocycles. The topological polar surface area (TPSA) is 87.5 Å². The number of hydrogen-bond acceptors (Lipinski definition) is 5. The molecule has 0 saturated heterocycles. The van der Waals surface area contributed by atoms with Crippen molar-refractivity contribution in [2.45, 2.75) is 18.7 Å². The minimum atomic E-state index is -3.55. The molecule has 0 unspecified atom stereocenters. The third-order valence-electron chi connectivity index (χ3n) is 3.07. The largest absolute Gasteiger partial charge is 0.399 e. The maximum absolute atomic E-state index is 12.1. The number of benzene rings is 1. The van der Waals surface area contributed by atoms with Gasteiger partial charge in [-0.1, -0.05) is 13.8 Å². The summed E-state index contributed by atoms with van der Waals surface area (Å²) in [6.45, 7) is 5.80. The molecule has 0 bridgehead atoms. The molecule has 0 aliphatic carbocycles. The highest BCUT2D eigenvalue weighted by atomic mass is 32.2. The maximum atomic E-state index is 12.1. The first-order valence-corrected chi connectivity index (χ1v) is 8.27. The van der Waals surface area contributed by atoms with Gasteiger partial charge in [0.25, 0.3) is 0 Å². The fourth-order valence-electron chi connectivity index (χ4n) is 2.26. The Morgan fingerprint density at radius 2 is 1.90 bits per heavy atom. The number of anilines is 2. The van der Waals surface area contributed by atoms with E-state index in [-0.39, 0.29) is 10.3 Å². The van der Waals surface area contributed by atoms with Gasteiger partial charge in [0.05, 0.1) is 5.69 Å². The third-order valence-corrected chi connectivity index (χ3v) is 4.52. The van der Waals surface area contributed by atoms with Crippen molar-refractivity contribution in [2.75, 3.05) is 45.3 Å². The molecule has 0 radical (unpaired) electrons. The summed E-state index contributed by atoms with van der Waals surface area (Å²) in [5.74, 6) is 0.